The molecule has 3 unspecified atom stereocenters. The third-order valence-corrected chi connectivity index (χ3v) is 8.51. The lowest BCUT2D eigenvalue weighted by molar-refractivity contribution is -0.134. The van der Waals surface area contributed by atoms with Gasteiger partial charge in [-0.15, -0.1) is 0 Å². The number of hydrogen-bond donors (Lipinski definition) is 1. The van der Waals surface area contributed by atoms with Gasteiger partial charge in [0.1, 0.15) is 0 Å². The van der Waals surface area contributed by atoms with E-state index in [1.54, 1.807) is 30.4 Å². The van der Waals surface area contributed by atoms with Gasteiger partial charge < -0.3 is 10.0 Å². The Morgan fingerprint density at radius 3 is 2.69 bits per heavy atom. The van der Waals surface area contributed by atoms with Crippen LogP contribution in [-0.4, -0.2) is 42.6 Å². The lowest BCUT2D eigenvalue weighted by Crippen LogP contribution is -2.34. The third kappa shape index (κ3) is 3.26. The van der Waals surface area contributed by atoms with E-state index in [1.165, 1.54) is 6.26 Å². The first-order valence-electron chi connectivity index (χ1n) is 10.8. The van der Waals surface area contributed by atoms with E-state index in [1.807, 2.05) is 29.2 Å². The molecule has 0 bridgehead atoms. The van der Waals surface area contributed by atoms with Crippen molar-refractivity contribution in [2.24, 2.45) is 23.2 Å². The predicted octanol–water partition coefficient (Wildman–Crippen LogP) is 3.35. The van der Waals surface area contributed by atoms with Crippen molar-refractivity contribution < 1.29 is 23.1 Å². The first-order chi connectivity index (χ1) is 15.2. The van der Waals surface area contributed by atoms with Crippen LogP contribution in [0.2, 0.25) is 0 Å². The number of amides is 1. The number of carboxylic acids is 1. The molecule has 5 rings (SSSR count). The van der Waals surface area contributed by atoms with E-state index in [4.69, 9.17) is 0 Å². The molecular weight excluding hydrogens is 426 g/mol. The molecule has 3 aliphatic carbocycles. The lowest BCUT2D eigenvalue weighted by Gasteiger charge is -2.26. The second-order valence-corrected chi connectivity index (χ2v) is 11.2. The summed E-state index contributed by atoms with van der Waals surface area (Å²) in [6, 6.07) is 6.69. The number of carbonyl (C=O) groups is 2. The number of carbonyl (C=O) groups excluding carboxylic acids is 1. The number of allylic oxidation sites excluding steroid dienone is 5. The maximum absolute atomic E-state index is 13.8. The van der Waals surface area contributed by atoms with Gasteiger partial charge in [-0.3, -0.25) is 4.79 Å². The largest absolute Gasteiger partial charge is 0.478 e. The molecule has 1 aliphatic heterocycles. The van der Waals surface area contributed by atoms with Crippen LogP contribution in [0.4, 0.5) is 0 Å². The molecule has 1 N–H and O–H groups in total. The number of fused-ring (bicyclic) bond motifs is 2. The fraction of sp³-hybridized carbons (Fsp3) is 0.360. The van der Waals surface area contributed by atoms with E-state index in [2.05, 4.69) is 12.2 Å². The summed E-state index contributed by atoms with van der Waals surface area (Å²) in [5.41, 5.74) is 0.541. The summed E-state index contributed by atoms with van der Waals surface area (Å²) in [5.74, 6) is -0.494. The number of hydrogen-bond acceptors (Lipinski definition) is 4. The highest BCUT2D eigenvalue weighted by Crippen LogP contribution is 2.68. The lowest BCUT2D eigenvalue weighted by atomic mass is 9.79. The van der Waals surface area contributed by atoms with Crippen molar-refractivity contribution in [1.82, 2.24) is 4.90 Å². The molecule has 2 fully saturated rings. The Morgan fingerprint density at radius 2 is 2.00 bits per heavy atom. The van der Waals surface area contributed by atoms with Crippen LogP contribution in [0.5, 0.6) is 0 Å². The van der Waals surface area contributed by atoms with Gasteiger partial charge in [-0.25, -0.2) is 13.2 Å². The zero-order valence-corrected chi connectivity index (χ0v) is 18.5. The molecule has 1 heterocycles. The minimum atomic E-state index is -3.23. The molecule has 166 valence electrons. The van der Waals surface area contributed by atoms with E-state index in [0.29, 0.717) is 17.9 Å². The smallest absolute Gasteiger partial charge is 0.335 e. The number of carboxylic acid groups (broad SMARTS) is 1. The summed E-state index contributed by atoms with van der Waals surface area (Å²) in [7, 11) is -3.23. The summed E-state index contributed by atoms with van der Waals surface area (Å²) in [5, 5.41) is 9.30. The average molecular weight is 452 g/mol. The number of aromatic carboxylic acids is 1. The van der Waals surface area contributed by atoms with Crippen molar-refractivity contribution in [2.45, 2.75) is 25.4 Å². The molecule has 4 aliphatic rings. The van der Waals surface area contributed by atoms with Crippen molar-refractivity contribution in [3.05, 3.63) is 82.8 Å². The number of sulfone groups is 1. The molecule has 1 aromatic rings. The zero-order valence-electron chi connectivity index (χ0n) is 17.7. The second kappa shape index (κ2) is 7.30. The van der Waals surface area contributed by atoms with Gasteiger partial charge in [0.15, 0.2) is 9.84 Å². The van der Waals surface area contributed by atoms with Crippen LogP contribution in [0.25, 0.3) is 0 Å². The first kappa shape index (κ1) is 20.9. The van der Waals surface area contributed by atoms with Gasteiger partial charge in [0.25, 0.3) is 0 Å². The van der Waals surface area contributed by atoms with E-state index in [-0.39, 0.29) is 35.3 Å². The van der Waals surface area contributed by atoms with Crippen molar-refractivity contribution in [3.63, 3.8) is 0 Å². The Kier molecular flexibility index (Phi) is 4.78. The van der Waals surface area contributed by atoms with Crippen LogP contribution in [0.15, 0.2) is 71.7 Å². The molecule has 0 aromatic heterocycles. The molecule has 5 atom stereocenters. The molecule has 1 saturated carbocycles. The SMILES string of the molecule is CS(=O)(=O)C1=CCC([C@@H]2C[C@@]23C(=O)N(Cc2cccc(C(=O)O)c2)C2C=CC=CC23)C=C1. The van der Waals surface area contributed by atoms with Gasteiger partial charge in [-0.2, -0.15) is 0 Å². The summed E-state index contributed by atoms with van der Waals surface area (Å²) >= 11 is 0. The van der Waals surface area contributed by atoms with Gasteiger partial charge in [-0.1, -0.05) is 48.6 Å². The Labute approximate surface area is 187 Å². The Bertz CT molecular complexity index is 1220. The summed E-state index contributed by atoms with van der Waals surface area (Å²) < 4.78 is 23.6. The monoisotopic (exact) mass is 451 g/mol. The van der Waals surface area contributed by atoms with Crippen LogP contribution < -0.4 is 0 Å². The van der Waals surface area contributed by atoms with Gasteiger partial charge in [0.05, 0.1) is 21.9 Å². The Hall–Kier alpha value is -2.93. The van der Waals surface area contributed by atoms with E-state index in [0.717, 1.165) is 12.0 Å². The van der Waals surface area contributed by atoms with Gasteiger partial charge in [0, 0.05) is 18.7 Å². The zero-order chi connectivity index (χ0) is 22.7. The highest BCUT2D eigenvalue weighted by molar-refractivity contribution is 7.94. The van der Waals surface area contributed by atoms with Gasteiger partial charge in [-0.05, 0) is 48.4 Å². The van der Waals surface area contributed by atoms with Crippen LogP contribution >= 0.6 is 0 Å². The summed E-state index contributed by atoms with van der Waals surface area (Å²) in [6.07, 6.45) is 16.2. The van der Waals surface area contributed by atoms with E-state index >= 15 is 0 Å². The van der Waals surface area contributed by atoms with Crippen LogP contribution in [0.3, 0.4) is 0 Å². The fourth-order valence-electron chi connectivity index (χ4n) is 5.75. The molecule has 1 spiro atoms. The fourth-order valence-corrected chi connectivity index (χ4v) is 6.47. The topological polar surface area (TPSA) is 91.8 Å². The molecule has 32 heavy (non-hydrogen) atoms. The summed E-state index contributed by atoms with van der Waals surface area (Å²) in [4.78, 5) is 27.3. The number of nitrogens with zero attached hydrogens (tertiary/aromatic N) is 1. The standard InChI is InChI=1S/C25H25NO5S/c1-32(30,31)19-11-9-17(10-12-19)21-14-25(21)20-7-2-3-8-22(20)26(24(25)29)15-16-5-4-6-18(13-16)23(27)28/h2-9,11-13,17,20-22H,10,14-15H2,1H3,(H,27,28)/t17?,20?,21-,22?,25-/m0/s1. The normalized spacial score (nSPS) is 32.8. The van der Waals surface area contributed by atoms with Crippen LogP contribution in [-0.2, 0) is 21.2 Å². The van der Waals surface area contributed by atoms with Crippen molar-refractivity contribution in [1.29, 1.82) is 0 Å². The predicted molar refractivity (Wildman–Crippen MR) is 120 cm³/mol. The molecule has 1 amide bonds. The van der Waals surface area contributed by atoms with Crippen LogP contribution in [0, 0.1) is 23.2 Å². The van der Waals surface area contributed by atoms with Gasteiger partial charge in [0.2, 0.25) is 5.91 Å². The molecule has 1 aromatic carbocycles. The van der Waals surface area contributed by atoms with E-state index < -0.39 is 21.2 Å². The molecule has 1 saturated heterocycles. The second-order valence-electron chi connectivity index (χ2n) is 9.21. The van der Waals surface area contributed by atoms with Gasteiger partial charge >= 0.3 is 5.97 Å². The minimum Gasteiger partial charge on any atom is -0.478 e. The molecule has 0 radical (unpaired) electrons. The highest BCUT2D eigenvalue weighted by Gasteiger charge is 2.71. The Balaban J connectivity index is 1.40. The number of benzene rings is 1. The minimum absolute atomic E-state index is 0.0549. The van der Waals surface area contributed by atoms with Crippen molar-refractivity contribution in [2.75, 3.05) is 6.26 Å². The number of rotatable bonds is 5. The van der Waals surface area contributed by atoms with E-state index in [9.17, 15) is 23.1 Å². The molecule has 7 heteroatoms. The Morgan fingerprint density at radius 1 is 1.22 bits per heavy atom. The molecular formula is C25H25NO5S. The maximum atomic E-state index is 13.8. The highest BCUT2D eigenvalue weighted by atomic mass is 32.2. The molecule has 6 nitrogen and oxygen atoms in total. The number of likely N-dealkylation sites (tertiary alicyclic amines) is 1. The van der Waals surface area contributed by atoms with Crippen molar-refractivity contribution in [3.8, 4) is 0 Å². The average Bonchev–Trinajstić information content (AvgIpc) is 3.49. The summed E-state index contributed by atoms with van der Waals surface area (Å²) in [6.45, 7) is 0.367. The maximum Gasteiger partial charge on any atom is 0.335 e. The third-order valence-electron chi connectivity index (χ3n) is 7.35. The van der Waals surface area contributed by atoms with Crippen LogP contribution in [0.1, 0.15) is 28.8 Å². The van der Waals surface area contributed by atoms with Crippen molar-refractivity contribution >= 4 is 21.7 Å². The quantitative estimate of drug-likeness (QED) is 0.741. The first-order valence-corrected chi connectivity index (χ1v) is 12.7.